The average Bonchev–Trinajstić information content (AvgIpc) is 3.07. The molecule has 0 aliphatic heterocycles. The van der Waals surface area contributed by atoms with E-state index in [0.29, 0.717) is 5.56 Å². The molecule has 1 aliphatic rings. The molecule has 6 heteroatoms. The fourth-order valence-electron chi connectivity index (χ4n) is 2.86. The summed E-state index contributed by atoms with van der Waals surface area (Å²) in [5.74, 6) is -0.994. The van der Waals surface area contributed by atoms with Crippen LogP contribution >= 0.6 is 0 Å². The summed E-state index contributed by atoms with van der Waals surface area (Å²) in [4.78, 5) is 35.8. The minimum Gasteiger partial charge on any atom is -0.452 e. The van der Waals surface area contributed by atoms with Gasteiger partial charge in [-0.05, 0) is 38.8 Å². The molecule has 1 aromatic carbocycles. The Morgan fingerprint density at radius 1 is 1.24 bits per heavy atom. The van der Waals surface area contributed by atoms with Crippen molar-refractivity contribution in [2.45, 2.75) is 58.1 Å². The molecule has 6 nitrogen and oxygen atoms in total. The highest BCUT2D eigenvalue weighted by Crippen LogP contribution is 2.17. The highest BCUT2D eigenvalue weighted by Gasteiger charge is 2.22. The molecule has 0 spiro atoms. The smallest absolute Gasteiger partial charge is 0.308 e. The van der Waals surface area contributed by atoms with Crippen molar-refractivity contribution >= 4 is 17.8 Å². The van der Waals surface area contributed by atoms with Crippen LogP contribution in [0.4, 0.5) is 0 Å². The summed E-state index contributed by atoms with van der Waals surface area (Å²) in [6.07, 6.45) is 3.42. The molecule has 0 heterocycles. The first-order valence-electron chi connectivity index (χ1n) is 8.80. The zero-order chi connectivity index (χ0) is 18.2. The van der Waals surface area contributed by atoms with E-state index >= 15 is 0 Å². The number of benzene rings is 1. The SMILES string of the molecule is Cc1cccc(C(=O)NCCC(=O)OC(C)C(=O)NC2CCCC2)c1. The second-order valence-electron chi connectivity index (χ2n) is 6.50. The summed E-state index contributed by atoms with van der Waals surface area (Å²) in [5.41, 5.74) is 1.55. The number of esters is 1. The third-order valence-corrected chi connectivity index (χ3v) is 4.27. The zero-order valence-electron chi connectivity index (χ0n) is 14.8. The maximum Gasteiger partial charge on any atom is 0.308 e. The van der Waals surface area contributed by atoms with Crippen LogP contribution in [0.1, 0.15) is 54.9 Å². The van der Waals surface area contributed by atoms with Crippen molar-refractivity contribution in [2.24, 2.45) is 0 Å². The van der Waals surface area contributed by atoms with E-state index in [1.165, 1.54) is 0 Å². The minimum absolute atomic E-state index is 0.0264. The number of carbonyl (C=O) groups is 3. The van der Waals surface area contributed by atoms with Crippen LogP contribution in [0.25, 0.3) is 0 Å². The molecule has 0 bridgehead atoms. The van der Waals surface area contributed by atoms with Crippen LogP contribution in [0.15, 0.2) is 24.3 Å². The molecule has 1 aromatic rings. The van der Waals surface area contributed by atoms with Crippen molar-refractivity contribution in [3.8, 4) is 0 Å². The van der Waals surface area contributed by atoms with Crippen molar-refractivity contribution in [2.75, 3.05) is 6.54 Å². The van der Waals surface area contributed by atoms with Crippen LogP contribution in [0.2, 0.25) is 0 Å². The maximum atomic E-state index is 12.0. The second kappa shape index (κ2) is 9.20. The van der Waals surface area contributed by atoms with Crippen LogP contribution in [0.3, 0.4) is 0 Å². The summed E-state index contributed by atoms with van der Waals surface area (Å²) >= 11 is 0. The Balaban J connectivity index is 1.67. The Kier molecular flexibility index (Phi) is 6.98. The lowest BCUT2D eigenvalue weighted by atomic mass is 10.1. The largest absolute Gasteiger partial charge is 0.452 e. The third-order valence-electron chi connectivity index (χ3n) is 4.27. The molecule has 2 rings (SSSR count). The van der Waals surface area contributed by atoms with Gasteiger partial charge in [0.25, 0.3) is 11.8 Å². The van der Waals surface area contributed by atoms with Gasteiger partial charge in [-0.3, -0.25) is 14.4 Å². The quantitative estimate of drug-likeness (QED) is 0.741. The predicted molar refractivity (Wildman–Crippen MR) is 94.1 cm³/mol. The number of rotatable bonds is 7. The summed E-state index contributed by atoms with van der Waals surface area (Å²) in [6, 6.07) is 7.41. The first-order valence-corrected chi connectivity index (χ1v) is 8.80. The highest BCUT2D eigenvalue weighted by molar-refractivity contribution is 5.94. The average molecular weight is 346 g/mol. The van der Waals surface area contributed by atoms with E-state index in [2.05, 4.69) is 10.6 Å². The number of amides is 2. The Bertz CT molecular complexity index is 624. The van der Waals surface area contributed by atoms with E-state index in [1.807, 2.05) is 19.1 Å². The number of nitrogens with one attached hydrogen (secondary N) is 2. The lowest BCUT2D eigenvalue weighted by molar-refractivity contribution is -0.154. The molecule has 2 N–H and O–H groups in total. The normalized spacial score (nSPS) is 15.4. The molecule has 0 aromatic heterocycles. The van der Waals surface area contributed by atoms with Crippen molar-refractivity contribution in [1.29, 1.82) is 0 Å². The topological polar surface area (TPSA) is 84.5 Å². The Morgan fingerprint density at radius 2 is 1.96 bits per heavy atom. The van der Waals surface area contributed by atoms with Crippen LogP contribution in [-0.2, 0) is 14.3 Å². The zero-order valence-corrected chi connectivity index (χ0v) is 14.8. The standard InChI is InChI=1S/C19H26N2O4/c1-13-6-5-7-15(12-13)19(24)20-11-10-17(22)25-14(2)18(23)21-16-8-3-4-9-16/h5-7,12,14,16H,3-4,8-11H2,1-2H3,(H,20,24)(H,21,23). The molecule has 1 aliphatic carbocycles. The molecule has 25 heavy (non-hydrogen) atoms. The van der Waals surface area contributed by atoms with Crippen LogP contribution in [-0.4, -0.2) is 36.5 Å². The van der Waals surface area contributed by atoms with Gasteiger partial charge < -0.3 is 15.4 Å². The lowest BCUT2D eigenvalue weighted by Gasteiger charge is -2.17. The first kappa shape index (κ1) is 19.0. The second-order valence-corrected chi connectivity index (χ2v) is 6.50. The molecule has 0 saturated heterocycles. The maximum absolute atomic E-state index is 12.0. The molecular weight excluding hydrogens is 320 g/mol. The number of hydrogen-bond donors (Lipinski definition) is 2. The van der Waals surface area contributed by atoms with Gasteiger partial charge in [-0.2, -0.15) is 0 Å². The van der Waals surface area contributed by atoms with E-state index in [4.69, 9.17) is 4.74 Å². The molecule has 1 saturated carbocycles. The minimum atomic E-state index is -0.819. The van der Waals surface area contributed by atoms with Gasteiger partial charge in [-0.25, -0.2) is 0 Å². The van der Waals surface area contributed by atoms with Gasteiger partial charge in [-0.1, -0.05) is 30.5 Å². The fourth-order valence-corrected chi connectivity index (χ4v) is 2.86. The van der Waals surface area contributed by atoms with Crippen molar-refractivity contribution in [3.63, 3.8) is 0 Å². The lowest BCUT2D eigenvalue weighted by Crippen LogP contribution is -2.41. The number of hydrogen-bond acceptors (Lipinski definition) is 4. The molecule has 2 amide bonds. The van der Waals surface area contributed by atoms with Crippen molar-refractivity contribution in [3.05, 3.63) is 35.4 Å². The predicted octanol–water partition coefficient (Wildman–Crippen LogP) is 2.11. The van der Waals surface area contributed by atoms with Crippen LogP contribution in [0, 0.1) is 6.92 Å². The Hall–Kier alpha value is -2.37. The number of aryl methyl sites for hydroxylation is 1. The molecule has 0 radical (unpaired) electrons. The summed E-state index contributed by atoms with van der Waals surface area (Å²) in [6.45, 7) is 3.64. The fraction of sp³-hybridized carbons (Fsp3) is 0.526. The number of carbonyl (C=O) groups excluding carboxylic acids is 3. The van der Waals surface area contributed by atoms with Gasteiger partial charge >= 0.3 is 5.97 Å². The highest BCUT2D eigenvalue weighted by atomic mass is 16.5. The molecular formula is C19H26N2O4. The van der Waals surface area contributed by atoms with E-state index < -0.39 is 12.1 Å². The molecule has 1 fully saturated rings. The van der Waals surface area contributed by atoms with E-state index in [9.17, 15) is 14.4 Å². The molecule has 1 atom stereocenters. The van der Waals surface area contributed by atoms with Gasteiger partial charge in [0.15, 0.2) is 6.10 Å². The van der Waals surface area contributed by atoms with Gasteiger partial charge in [0.1, 0.15) is 0 Å². The van der Waals surface area contributed by atoms with Crippen molar-refractivity contribution < 1.29 is 19.1 Å². The van der Waals surface area contributed by atoms with Gasteiger partial charge in [-0.15, -0.1) is 0 Å². The van der Waals surface area contributed by atoms with Gasteiger partial charge in [0.05, 0.1) is 6.42 Å². The van der Waals surface area contributed by atoms with Crippen molar-refractivity contribution in [1.82, 2.24) is 10.6 Å². The Labute approximate surface area is 148 Å². The summed E-state index contributed by atoms with van der Waals surface area (Å²) in [7, 11) is 0. The number of ether oxygens (including phenoxy) is 1. The third kappa shape index (κ3) is 6.21. The molecule has 1 unspecified atom stereocenters. The van der Waals surface area contributed by atoms with E-state index in [0.717, 1.165) is 31.2 Å². The van der Waals surface area contributed by atoms with Crippen LogP contribution < -0.4 is 10.6 Å². The van der Waals surface area contributed by atoms with E-state index in [1.54, 1.807) is 19.1 Å². The molecule has 136 valence electrons. The summed E-state index contributed by atoms with van der Waals surface area (Å²) in [5, 5.41) is 5.58. The van der Waals surface area contributed by atoms with E-state index in [-0.39, 0.29) is 30.8 Å². The van der Waals surface area contributed by atoms with Gasteiger partial charge in [0.2, 0.25) is 0 Å². The summed E-state index contributed by atoms with van der Waals surface area (Å²) < 4.78 is 5.13. The van der Waals surface area contributed by atoms with Crippen LogP contribution in [0.5, 0.6) is 0 Å². The Morgan fingerprint density at radius 3 is 2.64 bits per heavy atom. The monoisotopic (exact) mass is 346 g/mol. The van der Waals surface area contributed by atoms with Gasteiger partial charge in [0, 0.05) is 18.2 Å². The first-order chi connectivity index (χ1) is 12.0.